The summed E-state index contributed by atoms with van der Waals surface area (Å²) in [4.78, 5) is 47.6. The highest BCUT2D eigenvalue weighted by molar-refractivity contribution is 6.08. The maximum absolute atomic E-state index is 13.2. The number of ether oxygens (including phenoxy) is 3. The molecule has 0 bridgehead atoms. The van der Waals surface area contributed by atoms with Gasteiger partial charge < -0.3 is 44.2 Å². The second kappa shape index (κ2) is 19.0. The first-order valence-electron chi connectivity index (χ1n) is 21.2. The molecule has 16 heteroatoms. The number of anilines is 2. The largest absolute Gasteiger partial charge is 0.481 e. The highest BCUT2D eigenvalue weighted by Crippen LogP contribution is 2.44. The first-order valence-corrected chi connectivity index (χ1v) is 21.2. The third kappa shape index (κ3) is 9.68. The number of carbonyl (C=O) groups excluding carboxylic acids is 2. The molecule has 0 spiro atoms. The maximum atomic E-state index is 13.2. The lowest BCUT2D eigenvalue weighted by atomic mass is 9.83. The van der Waals surface area contributed by atoms with Crippen molar-refractivity contribution in [2.45, 2.75) is 26.5 Å². The molecule has 0 radical (unpaired) electrons. The molecule has 1 atom stereocenters. The number of carbonyl (C=O) groups is 3. The van der Waals surface area contributed by atoms with E-state index in [0.29, 0.717) is 60.3 Å². The summed E-state index contributed by atoms with van der Waals surface area (Å²) in [5.41, 5.74) is 10.2. The van der Waals surface area contributed by atoms with E-state index in [1.54, 1.807) is 22.9 Å². The highest BCUT2D eigenvalue weighted by atomic mass is 16.5. The molecule has 3 aromatic carbocycles. The fourth-order valence-electron chi connectivity index (χ4n) is 7.81. The van der Waals surface area contributed by atoms with Crippen molar-refractivity contribution in [2.75, 3.05) is 71.4 Å². The molecule has 16 nitrogen and oxygen atoms in total. The molecule has 4 heterocycles. The molecular weight excluding hydrogens is 827 g/mol. The van der Waals surface area contributed by atoms with E-state index >= 15 is 0 Å². The number of amides is 2. The van der Waals surface area contributed by atoms with Crippen LogP contribution in [0.4, 0.5) is 11.4 Å². The number of allylic oxidation sites excluding steroid dienone is 1. The Morgan fingerprint density at radius 3 is 2.35 bits per heavy atom. The van der Waals surface area contributed by atoms with E-state index in [2.05, 4.69) is 25.9 Å². The Balaban J connectivity index is 0.788. The summed E-state index contributed by atoms with van der Waals surface area (Å²) >= 11 is 0. The first-order chi connectivity index (χ1) is 31.3. The molecule has 0 saturated carbocycles. The highest BCUT2D eigenvalue weighted by Gasteiger charge is 2.32. The van der Waals surface area contributed by atoms with Crippen LogP contribution in [-0.2, 0) is 16.0 Å². The number of nitrogens with one attached hydrogen (secondary N) is 2. The summed E-state index contributed by atoms with van der Waals surface area (Å²) in [6.45, 7) is 5.87. The molecule has 1 aliphatic carbocycles. The lowest BCUT2D eigenvalue weighted by Gasteiger charge is -2.33. The SMILES string of the molecule is Cc1cc(C)n2ccc(C(=O)Nc3ccc(-c4cn(CCOCCOCCNC(=O)c5ccc(C6=C7C=CC(N(C)C)=CC7Oc7cc(N(C)C)ccc76)c(C(=O)O)c5)nn4)cc3)c2n1. The second-order valence-electron chi connectivity index (χ2n) is 16.2. The molecular formula is C49H51N9O7. The standard InChI is InChI=1S/C49H51N9O7/c1-30-25-31(2)58-19-17-40(46(58)51-30)48(60)52-34-10-7-32(8-11-34)42-29-57(54-53-42)20-22-64-24-23-63-21-18-50-47(59)33-9-14-37(41(26-33)49(61)62)45-38-15-12-35(55(3)4)27-43(38)65-44-28-36(56(5)6)13-16-39(44)45/h7-17,19,25-29,43H,18,20-24H2,1-6H3,(H,50,59)(H,52,60)(H,61,62). The predicted molar refractivity (Wildman–Crippen MR) is 248 cm³/mol. The van der Waals surface area contributed by atoms with Crippen LogP contribution < -0.4 is 20.3 Å². The van der Waals surface area contributed by atoms with E-state index < -0.39 is 18.0 Å². The number of carboxylic acids is 1. The number of benzene rings is 3. The van der Waals surface area contributed by atoms with Crippen molar-refractivity contribution in [2.24, 2.45) is 0 Å². The number of aromatic carboxylic acids is 1. The molecule has 2 aliphatic rings. The van der Waals surface area contributed by atoms with Crippen LogP contribution in [0.2, 0.25) is 0 Å². The molecule has 3 aromatic heterocycles. The van der Waals surface area contributed by atoms with Crippen LogP contribution in [0.3, 0.4) is 0 Å². The second-order valence-corrected chi connectivity index (χ2v) is 16.2. The van der Waals surface area contributed by atoms with Gasteiger partial charge in [0, 0.05) is 103 Å². The zero-order chi connectivity index (χ0) is 45.8. The summed E-state index contributed by atoms with van der Waals surface area (Å²) in [6, 6.07) is 21.8. The van der Waals surface area contributed by atoms with Crippen LogP contribution in [0.25, 0.3) is 22.5 Å². The Labute approximate surface area is 376 Å². The van der Waals surface area contributed by atoms with Crippen LogP contribution in [0.15, 0.2) is 115 Å². The Hall–Kier alpha value is -7.56. The Morgan fingerprint density at radius 2 is 1.60 bits per heavy atom. The van der Waals surface area contributed by atoms with Gasteiger partial charge in [0.25, 0.3) is 11.8 Å². The van der Waals surface area contributed by atoms with Crippen molar-refractivity contribution in [1.82, 2.24) is 34.6 Å². The minimum absolute atomic E-state index is 0.0113. The normalized spacial score (nSPS) is 14.1. The summed E-state index contributed by atoms with van der Waals surface area (Å²) in [7, 11) is 7.82. The van der Waals surface area contributed by atoms with Crippen LogP contribution >= 0.6 is 0 Å². The number of fused-ring (bicyclic) bond motifs is 3. The third-order valence-electron chi connectivity index (χ3n) is 11.2. The summed E-state index contributed by atoms with van der Waals surface area (Å²) in [5, 5.41) is 24.7. The van der Waals surface area contributed by atoms with Gasteiger partial charge in [-0.2, -0.15) is 0 Å². The van der Waals surface area contributed by atoms with Gasteiger partial charge in [-0.25, -0.2) is 14.5 Å². The fourth-order valence-corrected chi connectivity index (χ4v) is 7.81. The number of aryl methyl sites for hydroxylation is 2. The van der Waals surface area contributed by atoms with E-state index in [-0.39, 0.29) is 30.2 Å². The van der Waals surface area contributed by atoms with Crippen molar-refractivity contribution in [3.63, 3.8) is 0 Å². The number of nitrogens with zero attached hydrogens (tertiary/aromatic N) is 7. The Kier molecular flexibility index (Phi) is 12.9. The van der Waals surface area contributed by atoms with Gasteiger partial charge in [-0.3, -0.25) is 9.59 Å². The average molecular weight is 878 g/mol. The molecule has 6 aromatic rings. The molecule has 65 heavy (non-hydrogen) atoms. The minimum Gasteiger partial charge on any atom is -0.481 e. The van der Waals surface area contributed by atoms with Gasteiger partial charge >= 0.3 is 5.97 Å². The molecule has 334 valence electrons. The number of hydrogen-bond acceptors (Lipinski definition) is 11. The van der Waals surface area contributed by atoms with E-state index in [4.69, 9.17) is 14.2 Å². The number of hydrogen-bond donors (Lipinski definition) is 3. The summed E-state index contributed by atoms with van der Waals surface area (Å²) in [5.74, 6) is -1.14. The Bertz CT molecular complexity index is 2870. The van der Waals surface area contributed by atoms with E-state index in [0.717, 1.165) is 45.0 Å². The van der Waals surface area contributed by atoms with Crippen LogP contribution in [0.1, 0.15) is 53.6 Å². The molecule has 0 saturated heterocycles. The van der Waals surface area contributed by atoms with E-state index in [1.165, 1.54) is 6.07 Å². The van der Waals surface area contributed by atoms with Gasteiger partial charge in [-0.05, 0) is 80.1 Å². The van der Waals surface area contributed by atoms with Crippen LogP contribution in [0, 0.1) is 13.8 Å². The quantitative estimate of drug-likeness (QED) is 0.0878. The van der Waals surface area contributed by atoms with Crippen molar-refractivity contribution in [1.29, 1.82) is 0 Å². The molecule has 0 fully saturated rings. The van der Waals surface area contributed by atoms with Gasteiger partial charge in [0.15, 0.2) is 0 Å². The van der Waals surface area contributed by atoms with Gasteiger partial charge in [-0.15, -0.1) is 5.10 Å². The van der Waals surface area contributed by atoms with Gasteiger partial charge in [-0.1, -0.05) is 29.5 Å². The summed E-state index contributed by atoms with van der Waals surface area (Å²) in [6.07, 6.45) is 9.23. The summed E-state index contributed by atoms with van der Waals surface area (Å²) < 4.78 is 21.5. The van der Waals surface area contributed by atoms with E-state index in [9.17, 15) is 19.5 Å². The monoisotopic (exact) mass is 877 g/mol. The van der Waals surface area contributed by atoms with Crippen molar-refractivity contribution < 1.29 is 33.7 Å². The molecule has 8 rings (SSSR count). The van der Waals surface area contributed by atoms with Gasteiger partial charge in [0.05, 0.1) is 50.3 Å². The van der Waals surface area contributed by atoms with E-state index in [1.807, 2.05) is 135 Å². The molecule has 1 aliphatic heterocycles. The molecule has 1 unspecified atom stereocenters. The molecule has 3 N–H and O–H groups in total. The number of aromatic nitrogens is 5. The number of carboxylic acid groups (broad SMARTS) is 1. The van der Waals surface area contributed by atoms with Crippen LogP contribution in [-0.4, -0.2) is 119 Å². The van der Waals surface area contributed by atoms with Gasteiger partial charge in [0.2, 0.25) is 0 Å². The fraction of sp³-hybridized carbons (Fsp3) is 0.265. The number of rotatable bonds is 17. The predicted octanol–water partition coefficient (Wildman–Crippen LogP) is 6.27. The zero-order valence-electron chi connectivity index (χ0n) is 37.2. The van der Waals surface area contributed by atoms with Crippen molar-refractivity contribution in [3.05, 3.63) is 154 Å². The minimum atomic E-state index is -1.14. The lowest BCUT2D eigenvalue weighted by molar-refractivity contribution is 0.0444. The molecule has 2 amide bonds. The smallest absolute Gasteiger partial charge is 0.336 e. The van der Waals surface area contributed by atoms with Crippen molar-refractivity contribution in [3.8, 4) is 17.0 Å². The Morgan fingerprint density at radius 1 is 0.831 bits per heavy atom. The zero-order valence-corrected chi connectivity index (χ0v) is 37.2. The van der Waals surface area contributed by atoms with Gasteiger partial charge in [0.1, 0.15) is 23.2 Å². The lowest BCUT2D eigenvalue weighted by Crippen LogP contribution is -2.28. The third-order valence-corrected chi connectivity index (χ3v) is 11.2. The first kappa shape index (κ1) is 44.1. The maximum Gasteiger partial charge on any atom is 0.336 e. The number of likely N-dealkylation sites (N-methyl/N-ethyl adjacent to an activating group) is 1. The average Bonchev–Trinajstić information content (AvgIpc) is 3.95. The van der Waals surface area contributed by atoms with Crippen LogP contribution in [0.5, 0.6) is 5.75 Å². The van der Waals surface area contributed by atoms with Crippen molar-refractivity contribution >= 4 is 40.4 Å². The topological polar surface area (TPSA) is 178 Å².